The first-order valence-corrected chi connectivity index (χ1v) is 6.90. The van der Waals surface area contributed by atoms with E-state index in [1.54, 1.807) is 0 Å². The molecule has 0 saturated heterocycles. The fourth-order valence-electron chi connectivity index (χ4n) is 1.79. The lowest BCUT2D eigenvalue weighted by Crippen LogP contribution is -2.26. The number of halogens is 1. The number of hydrogen-bond acceptors (Lipinski definition) is 2. The average Bonchev–Trinajstić information content (AvgIpc) is 2.25. The Morgan fingerprint density at radius 1 is 1.29 bits per heavy atom. The van der Waals surface area contributed by atoms with E-state index in [1.807, 2.05) is 25.1 Å². The van der Waals surface area contributed by atoms with Crippen molar-refractivity contribution in [3.05, 3.63) is 33.8 Å². The number of rotatable bonds is 5. The molecule has 3 heteroatoms. The van der Waals surface area contributed by atoms with E-state index in [0.29, 0.717) is 5.92 Å². The highest BCUT2D eigenvalue weighted by Crippen LogP contribution is 2.27. The molecular formula is C14H22BrNO. The summed E-state index contributed by atoms with van der Waals surface area (Å²) in [5.74, 6) is 0.596. The predicted octanol–water partition coefficient (Wildman–Crippen LogP) is 3.55. The van der Waals surface area contributed by atoms with Crippen LogP contribution in [0.3, 0.4) is 0 Å². The molecule has 0 amide bonds. The minimum absolute atomic E-state index is 0.316. The first-order valence-electron chi connectivity index (χ1n) is 6.11. The molecule has 0 bridgehead atoms. The molecule has 96 valence electrons. The third-order valence-electron chi connectivity index (χ3n) is 2.97. The molecule has 0 saturated carbocycles. The number of benzene rings is 1. The predicted molar refractivity (Wildman–Crippen MR) is 75.9 cm³/mol. The fourth-order valence-corrected chi connectivity index (χ4v) is 2.55. The van der Waals surface area contributed by atoms with Crippen molar-refractivity contribution < 1.29 is 5.11 Å². The summed E-state index contributed by atoms with van der Waals surface area (Å²) in [5, 5.41) is 10.1. The molecule has 0 radical (unpaired) electrons. The van der Waals surface area contributed by atoms with Crippen LogP contribution in [0.5, 0.6) is 0 Å². The summed E-state index contributed by atoms with van der Waals surface area (Å²) >= 11 is 3.50. The van der Waals surface area contributed by atoms with Crippen molar-refractivity contribution in [2.45, 2.75) is 45.8 Å². The van der Waals surface area contributed by atoms with E-state index >= 15 is 0 Å². The monoisotopic (exact) mass is 299 g/mol. The fraction of sp³-hybridized carbons (Fsp3) is 0.571. The average molecular weight is 300 g/mol. The molecule has 1 rings (SSSR count). The molecular weight excluding hydrogens is 278 g/mol. The van der Waals surface area contributed by atoms with E-state index in [1.165, 1.54) is 5.56 Å². The van der Waals surface area contributed by atoms with Crippen LogP contribution in [0.4, 0.5) is 0 Å². The highest BCUT2D eigenvalue weighted by Gasteiger charge is 2.19. The van der Waals surface area contributed by atoms with Crippen LogP contribution in [0.2, 0.25) is 0 Å². The van der Waals surface area contributed by atoms with Crippen LogP contribution in [-0.4, -0.2) is 11.2 Å². The summed E-state index contributed by atoms with van der Waals surface area (Å²) in [6.07, 6.45) is 1.27. The van der Waals surface area contributed by atoms with Gasteiger partial charge in [-0.05, 0) is 42.9 Å². The molecule has 0 spiro atoms. The van der Waals surface area contributed by atoms with Gasteiger partial charge in [-0.3, -0.25) is 0 Å². The van der Waals surface area contributed by atoms with Crippen LogP contribution < -0.4 is 5.73 Å². The van der Waals surface area contributed by atoms with Gasteiger partial charge in [-0.2, -0.15) is 0 Å². The standard InChI is InChI=1S/C14H22BrNO/c1-9(2)4-7-13(17)14(16)11-6-5-10(3)8-12(11)15/h5-6,8-9,13-14,17H,4,7,16H2,1-3H3/t13-,14+/m0/s1. The van der Waals surface area contributed by atoms with Gasteiger partial charge >= 0.3 is 0 Å². The number of aryl methyl sites for hydroxylation is 1. The molecule has 3 N–H and O–H groups in total. The molecule has 1 aromatic rings. The second kappa shape index (κ2) is 6.53. The summed E-state index contributed by atoms with van der Waals surface area (Å²) in [7, 11) is 0. The van der Waals surface area contributed by atoms with Crippen molar-refractivity contribution in [3.8, 4) is 0 Å². The second-order valence-electron chi connectivity index (χ2n) is 5.09. The molecule has 0 fully saturated rings. The molecule has 2 nitrogen and oxygen atoms in total. The minimum Gasteiger partial charge on any atom is -0.391 e. The summed E-state index contributed by atoms with van der Waals surface area (Å²) in [6, 6.07) is 5.73. The molecule has 0 heterocycles. The van der Waals surface area contributed by atoms with Crippen LogP contribution in [-0.2, 0) is 0 Å². The maximum atomic E-state index is 10.1. The summed E-state index contributed by atoms with van der Waals surface area (Å²) < 4.78 is 0.980. The maximum Gasteiger partial charge on any atom is 0.0733 e. The normalized spacial score (nSPS) is 15.0. The van der Waals surface area contributed by atoms with Gasteiger partial charge in [-0.25, -0.2) is 0 Å². The lowest BCUT2D eigenvalue weighted by atomic mass is 9.95. The Morgan fingerprint density at radius 2 is 1.94 bits per heavy atom. The quantitative estimate of drug-likeness (QED) is 0.873. The van der Waals surface area contributed by atoms with E-state index in [2.05, 4.69) is 29.8 Å². The molecule has 0 aromatic heterocycles. The minimum atomic E-state index is -0.476. The Labute approximate surface area is 112 Å². The highest BCUT2D eigenvalue weighted by atomic mass is 79.9. The zero-order valence-electron chi connectivity index (χ0n) is 10.8. The molecule has 2 atom stereocenters. The number of aliphatic hydroxyl groups excluding tert-OH is 1. The SMILES string of the molecule is Cc1ccc([C@@H](N)[C@@H](O)CCC(C)C)c(Br)c1. The Hall–Kier alpha value is -0.380. The van der Waals surface area contributed by atoms with E-state index in [9.17, 15) is 5.11 Å². The lowest BCUT2D eigenvalue weighted by molar-refractivity contribution is 0.128. The topological polar surface area (TPSA) is 46.2 Å². The molecule has 17 heavy (non-hydrogen) atoms. The third kappa shape index (κ3) is 4.41. The first kappa shape index (κ1) is 14.7. The van der Waals surface area contributed by atoms with E-state index in [-0.39, 0.29) is 6.04 Å². The molecule has 0 aliphatic heterocycles. The zero-order valence-corrected chi connectivity index (χ0v) is 12.4. The third-order valence-corrected chi connectivity index (χ3v) is 3.66. The van der Waals surface area contributed by atoms with Gasteiger partial charge in [0.05, 0.1) is 12.1 Å². The Morgan fingerprint density at radius 3 is 2.47 bits per heavy atom. The van der Waals surface area contributed by atoms with Gasteiger partial charge in [0.2, 0.25) is 0 Å². The van der Waals surface area contributed by atoms with Gasteiger partial charge in [-0.1, -0.05) is 41.9 Å². The van der Waals surface area contributed by atoms with Crippen molar-refractivity contribution in [2.24, 2.45) is 11.7 Å². The van der Waals surface area contributed by atoms with E-state index in [0.717, 1.165) is 22.9 Å². The summed E-state index contributed by atoms with van der Waals surface area (Å²) in [6.45, 7) is 6.34. The Balaban J connectivity index is 2.71. The zero-order chi connectivity index (χ0) is 13.0. The van der Waals surface area contributed by atoms with Crippen molar-refractivity contribution in [3.63, 3.8) is 0 Å². The molecule has 0 unspecified atom stereocenters. The van der Waals surface area contributed by atoms with Crippen molar-refractivity contribution in [1.29, 1.82) is 0 Å². The number of nitrogens with two attached hydrogens (primary N) is 1. The van der Waals surface area contributed by atoms with Crippen molar-refractivity contribution in [1.82, 2.24) is 0 Å². The van der Waals surface area contributed by atoms with Crippen LogP contribution in [0, 0.1) is 12.8 Å². The van der Waals surface area contributed by atoms with Crippen molar-refractivity contribution in [2.75, 3.05) is 0 Å². The molecule has 0 aliphatic carbocycles. The Kier molecular flexibility index (Phi) is 5.63. The van der Waals surface area contributed by atoms with Gasteiger partial charge in [0, 0.05) is 4.47 Å². The van der Waals surface area contributed by atoms with Crippen LogP contribution >= 0.6 is 15.9 Å². The van der Waals surface area contributed by atoms with Gasteiger partial charge in [-0.15, -0.1) is 0 Å². The van der Waals surface area contributed by atoms with Crippen molar-refractivity contribution >= 4 is 15.9 Å². The van der Waals surface area contributed by atoms with Crippen LogP contribution in [0.15, 0.2) is 22.7 Å². The van der Waals surface area contributed by atoms with E-state index in [4.69, 9.17) is 5.73 Å². The summed E-state index contributed by atoms with van der Waals surface area (Å²) in [5.41, 5.74) is 8.26. The number of hydrogen-bond donors (Lipinski definition) is 2. The van der Waals surface area contributed by atoms with Gasteiger partial charge in [0.15, 0.2) is 0 Å². The Bertz CT molecular complexity index is 365. The molecule has 0 aliphatic rings. The largest absolute Gasteiger partial charge is 0.391 e. The smallest absolute Gasteiger partial charge is 0.0733 e. The van der Waals surface area contributed by atoms with Gasteiger partial charge < -0.3 is 10.8 Å². The van der Waals surface area contributed by atoms with Crippen LogP contribution in [0.25, 0.3) is 0 Å². The van der Waals surface area contributed by atoms with Crippen LogP contribution in [0.1, 0.15) is 43.9 Å². The number of aliphatic hydroxyl groups is 1. The van der Waals surface area contributed by atoms with Gasteiger partial charge in [0.1, 0.15) is 0 Å². The summed E-state index contributed by atoms with van der Waals surface area (Å²) in [4.78, 5) is 0. The highest BCUT2D eigenvalue weighted by molar-refractivity contribution is 9.10. The second-order valence-corrected chi connectivity index (χ2v) is 5.94. The molecule has 1 aromatic carbocycles. The van der Waals surface area contributed by atoms with E-state index < -0.39 is 6.10 Å². The first-order chi connectivity index (χ1) is 7.91. The van der Waals surface area contributed by atoms with Gasteiger partial charge in [0.25, 0.3) is 0 Å². The maximum absolute atomic E-state index is 10.1. The lowest BCUT2D eigenvalue weighted by Gasteiger charge is -2.21.